The molecule has 0 N–H and O–H groups in total. The van der Waals surface area contributed by atoms with Crippen molar-refractivity contribution < 1.29 is 14.4 Å². The molecule has 2 aromatic rings. The Bertz CT molecular complexity index is 665. The maximum atomic E-state index is 10.7. The third kappa shape index (κ3) is 4.25. The molecule has 0 aliphatic rings. The second-order valence-electron chi connectivity index (χ2n) is 4.19. The molecule has 0 atom stereocenters. The predicted molar refractivity (Wildman–Crippen MR) is 73.8 cm³/mol. The Morgan fingerprint density at radius 3 is 2.62 bits per heavy atom. The summed E-state index contributed by atoms with van der Waals surface area (Å²) in [6.07, 6.45) is -0.144. The van der Waals surface area contributed by atoms with E-state index in [-0.39, 0.29) is 34.8 Å². The van der Waals surface area contributed by atoms with E-state index in [4.69, 9.17) is 21.1 Å². The number of halogens is 1. The zero-order valence-corrected chi connectivity index (χ0v) is 11.9. The average molecular weight is 311 g/mol. The van der Waals surface area contributed by atoms with Gasteiger partial charge in [0.15, 0.2) is 0 Å². The second-order valence-corrected chi connectivity index (χ2v) is 4.53. The number of non-ortho nitro benzene ring substituents is 1. The molecule has 0 spiro atoms. The third-order valence-corrected chi connectivity index (χ3v) is 2.31. The number of nitro benzene ring substituents is 1. The van der Waals surface area contributed by atoms with Crippen LogP contribution in [0.25, 0.3) is 0 Å². The average Bonchev–Trinajstić information content (AvgIpc) is 2.37. The highest BCUT2D eigenvalue weighted by Crippen LogP contribution is 2.24. The summed E-state index contributed by atoms with van der Waals surface area (Å²) in [5.74, 6) is 0.210. The van der Waals surface area contributed by atoms with E-state index < -0.39 is 4.92 Å². The SMILES string of the molecule is CC(C)Oc1nc(Cl)nc(Oc2cccc([N+](=O)[O-])c2)n1. The fourth-order valence-electron chi connectivity index (χ4n) is 1.39. The summed E-state index contributed by atoms with van der Waals surface area (Å²) < 4.78 is 10.6. The Morgan fingerprint density at radius 2 is 1.95 bits per heavy atom. The van der Waals surface area contributed by atoms with Crippen LogP contribution in [0.4, 0.5) is 5.69 Å². The van der Waals surface area contributed by atoms with E-state index in [2.05, 4.69) is 15.0 Å². The van der Waals surface area contributed by atoms with E-state index in [0.717, 1.165) is 0 Å². The smallest absolute Gasteiger partial charge is 0.329 e. The van der Waals surface area contributed by atoms with Crippen LogP contribution in [-0.4, -0.2) is 26.0 Å². The highest BCUT2D eigenvalue weighted by Gasteiger charge is 2.12. The molecule has 110 valence electrons. The Kier molecular flexibility index (Phi) is 4.49. The van der Waals surface area contributed by atoms with Gasteiger partial charge in [0.2, 0.25) is 5.28 Å². The van der Waals surface area contributed by atoms with Crippen molar-refractivity contribution in [3.63, 3.8) is 0 Å². The molecule has 0 saturated carbocycles. The van der Waals surface area contributed by atoms with Crippen LogP contribution in [0, 0.1) is 10.1 Å². The van der Waals surface area contributed by atoms with Gasteiger partial charge in [-0.3, -0.25) is 10.1 Å². The molecule has 0 saturated heterocycles. The van der Waals surface area contributed by atoms with Gasteiger partial charge in [0, 0.05) is 6.07 Å². The van der Waals surface area contributed by atoms with Crippen molar-refractivity contribution in [1.82, 2.24) is 15.0 Å². The number of hydrogen-bond donors (Lipinski definition) is 0. The molecule has 0 amide bonds. The summed E-state index contributed by atoms with van der Waals surface area (Å²) in [7, 11) is 0. The molecule has 0 bridgehead atoms. The van der Waals surface area contributed by atoms with E-state index in [1.807, 2.05) is 0 Å². The van der Waals surface area contributed by atoms with Crippen LogP contribution in [0.1, 0.15) is 13.8 Å². The number of nitro groups is 1. The van der Waals surface area contributed by atoms with Crippen LogP contribution in [0.5, 0.6) is 17.8 Å². The molecular formula is C12H11ClN4O4. The van der Waals surface area contributed by atoms with Crippen LogP contribution < -0.4 is 9.47 Å². The summed E-state index contributed by atoms with van der Waals surface area (Å²) in [5.41, 5.74) is -0.105. The van der Waals surface area contributed by atoms with Crippen molar-refractivity contribution >= 4 is 17.3 Å². The number of rotatable bonds is 5. The molecule has 9 heteroatoms. The maximum absolute atomic E-state index is 10.7. The molecule has 0 aliphatic carbocycles. The van der Waals surface area contributed by atoms with Gasteiger partial charge < -0.3 is 9.47 Å². The van der Waals surface area contributed by atoms with Crippen LogP contribution in [0.3, 0.4) is 0 Å². The molecule has 0 unspecified atom stereocenters. The first-order valence-corrected chi connectivity index (χ1v) is 6.32. The Balaban J connectivity index is 2.24. The molecule has 1 heterocycles. The van der Waals surface area contributed by atoms with Crippen molar-refractivity contribution in [2.45, 2.75) is 20.0 Å². The minimum Gasteiger partial charge on any atom is -0.461 e. The monoisotopic (exact) mass is 310 g/mol. The molecule has 1 aromatic heterocycles. The van der Waals surface area contributed by atoms with E-state index >= 15 is 0 Å². The van der Waals surface area contributed by atoms with Crippen molar-refractivity contribution in [3.8, 4) is 17.8 Å². The lowest BCUT2D eigenvalue weighted by Gasteiger charge is -2.09. The summed E-state index contributed by atoms with van der Waals surface area (Å²) in [6, 6.07) is 5.54. The van der Waals surface area contributed by atoms with Crippen molar-refractivity contribution in [2.24, 2.45) is 0 Å². The highest BCUT2D eigenvalue weighted by atomic mass is 35.5. The van der Waals surface area contributed by atoms with Gasteiger partial charge in [-0.1, -0.05) is 6.07 Å². The van der Waals surface area contributed by atoms with Crippen molar-refractivity contribution in [1.29, 1.82) is 0 Å². The van der Waals surface area contributed by atoms with Crippen LogP contribution in [0.2, 0.25) is 5.28 Å². The maximum Gasteiger partial charge on any atom is 0.329 e. The van der Waals surface area contributed by atoms with Gasteiger partial charge in [-0.15, -0.1) is 4.98 Å². The summed E-state index contributed by atoms with van der Waals surface area (Å²) in [5, 5.41) is 10.6. The molecular weight excluding hydrogens is 300 g/mol. The lowest BCUT2D eigenvalue weighted by Crippen LogP contribution is -2.09. The third-order valence-electron chi connectivity index (χ3n) is 2.15. The molecule has 0 fully saturated rings. The predicted octanol–water partition coefficient (Wildman–Crippen LogP) is 3.01. The van der Waals surface area contributed by atoms with Gasteiger partial charge in [-0.05, 0) is 31.5 Å². The minimum absolute atomic E-state index is 0.0189. The van der Waals surface area contributed by atoms with Gasteiger partial charge in [-0.25, -0.2) is 0 Å². The Labute approximate surface area is 124 Å². The van der Waals surface area contributed by atoms with Crippen molar-refractivity contribution in [2.75, 3.05) is 0 Å². The Hall–Kier alpha value is -2.48. The number of benzene rings is 1. The highest BCUT2D eigenvalue weighted by molar-refractivity contribution is 6.28. The lowest BCUT2D eigenvalue weighted by atomic mass is 10.3. The van der Waals surface area contributed by atoms with Gasteiger partial charge in [-0.2, -0.15) is 9.97 Å². The van der Waals surface area contributed by atoms with Crippen LogP contribution >= 0.6 is 11.6 Å². The first-order chi connectivity index (χ1) is 9.94. The van der Waals surface area contributed by atoms with Crippen LogP contribution in [-0.2, 0) is 0 Å². The zero-order valence-electron chi connectivity index (χ0n) is 11.2. The molecule has 21 heavy (non-hydrogen) atoms. The molecule has 0 aliphatic heterocycles. The van der Waals surface area contributed by atoms with Gasteiger partial charge in [0.1, 0.15) is 5.75 Å². The molecule has 1 aromatic carbocycles. The fraction of sp³-hybridized carbons (Fsp3) is 0.250. The number of aromatic nitrogens is 3. The summed E-state index contributed by atoms with van der Waals surface area (Å²) in [6.45, 7) is 3.61. The van der Waals surface area contributed by atoms with Gasteiger partial charge in [0.05, 0.1) is 17.1 Å². The quantitative estimate of drug-likeness (QED) is 0.618. The number of nitrogens with zero attached hydrogens (tertiary/aromatic N) is 4. The largest absolute Gasteiger partial charge is 0.461 e. The zero-order chi connectivity index (χ0) is 15.4. The van der Waals surface area contributed by atoms with E-state index in [1.54, 1.807) is 13.8 Å². The second kappa shape index (κ2) is 6.31. The number of ether oxygens (including phenoxy) is 2. The first kappa shape index (κ1) is 14.9. The summed E-state index contributed by atoms with van der Waals surface area (Å²) >= 11 is 5.75. The molecule has 8 nitrogen and oxygen atoms in total. The molecule has 2 rings (SSSR count). The van der Waals surface area contributed by atoms with Gasteiger partial charge >= 0.3 is 12.0 Å². The number of hydrogen-bond acceptors (Lipinski definition) is 7. The lowest BCUT2D eigenvalue weighted by molar-refractivity contribution is -0.384. The van der Waals surface area contributed by atoms with Crippen LogP contribution in [0.15, 0.2) is 24.3 Å². The Morgan fingerprint density at radius 1 is 1.24 bits per heavy atom. The minimum atomic E-state index is -0.527. The van der Waals surface area contributed by atoms with E-state index in [1.165, 1.54) is 24.3 Å². The van der Waals surface area contributed by atoms with E-state index in [0.29, 0.717) is 0 Å². The topological polar surface area (TPSA) is 100 Å². The fourth-order valence-corrected chi connectivity index (χ4v) is 1.53. The normalized spacial score (nSPS) is 10.5. The molecule has 0 radical (unpaired) electrons. The standard InChI is InChI=1S/C12H11ClN4O4/c1-7(2)20-11-14-10(13)15-12(16-11)21-9-5-3-4-8(6-9)17(18)19/h3-7H,1-2H3. The van der Waals surface area contributed by atoms with E-state index in [9.17, 15) is 10.1 Å². The first-order valence-electron chi connectivity index (χ1n) is 5.94. The van der Waals surface area contributed by atoms with Crippen molar-refractivity contribution in [3.05, 3.63) is 39.7 Å². The van der Waals surface area contributed by atoms with Gasteiger partial charge in [0.25, 0.3) is 5.69 Å². The summed E-state index contributed by atoms with van der Waals surface area (Å²) in [4.78, 5) is 21.7.